The summed E-state index contributed by atoms with van der Waals surface area (Å²) < 4.78 is 5.15. The monoisotopic (exact) mass is 161 g/mol. The summed E-state index contributed by atoms with van der Waals surface area (Å²) in [4.78, 5) is 0. The molecule has 0 unspecified atom stereocenters. The van der Waals surface area contributed by atoms with Gasteiger partial charge in [-0.3, -0.25) is 0 Å². The van der Waals surface area contributed by atoms with Gasteiger partial charge in [-0.1, -0.05) is 13.8 Å². The summed E-state index contributed by atoms with van der Waals surface area (Å²) in [6, 6.07) is 0. The van der Waals surface area contributed by atoms with Crippen LogP contribution < -0.4 is 5.73 Å². The van der Waals surface area contributed by atoms with Gasteiger partial charge in [-0.05, 0) is 12.8 Å². The number of rotatable bonds is 6. The molecule has 0 aromatic heterocycles. The number of hydrogen-bond donors (Lipinski definition) is 2. The molecule has 68 valence electrons. The Balaban J connectivity index is 3.51. The van der Waals surface area contributed by atoms with Crippen LogP contribution in [0.4, 0.5) is 0 Å². The first-order valence-corrected chi connectivity index (χ1v) is 4.16. The van der Waals surface area contributed by atoms with Gasteiger partial charge in [0.2, 0.25) is 0 Å². The third-order valence-electron chi connectivity index (χ3n) is 2.03. The molecule has 11 heavy (non-hydrogen) atoms. The molecule has 0 atom stereocenters. The van der Waals surface area contributed by atoms with Crippen LogP contribution in [-0.2, 0) is 4.74 Å². The maximum atomic E-state index is 8.44. The minimum absolute atomic E-state index is 0.0729. The second kappa shape index (κ2) is 5.52. The molecule has 0 aliphatic rings. The average molecular weight is 161 g/mol. The zero-order valence-electron chi connectivity index (χ0n) is 7.47. The van der Waals surface area contributed by atoms with Crippen LogP contribution in [0.1, 0.15) is 26.7 Å². The van der Waals surface area contributed by atoms with Crippen molar-refractivity contribution >= 4 is 0 Å². The van der Waals surface area contributed by atoms with E-state index in [-0.39, 0.29) is 12.1 Å². The minimum Gasteiger partial charge on any atom is -0.394 e. The van der Waals surface area contributed by atoms with Crippen LogP contribution >= 0.6 is 0 Å². The number of nitrogens with two attached hydrogens (primary N) is 1. The van der Waals surface area contributed by atoms with E-state index >= 15 is 0 Å². The first kappa shape index (κ1) is 10.9. The van der Waals surface area contributed by atoms with E-state index in [1.165, 1.54) is 0 Å². The van der Waals surface area contributed by atoms with Crippen molar-refractivity contribution in [2.45, 2.75) is 32.2 Å². The van der Waals surface area contributed by atoms with Gasteiger partial charge in [-0.25, -0.2) is 0 Å². The summed E-state index contributed by atoms with van der Waals surface area (Å²) in [6.07, 6.45) is 1.82. The van der Waals surface area contributed by atoms with Gasteiger partial charge in [0.05, 0.1) is 19.8 Å². The largest absolute Gasteiger partial charge is 0.394 e. The van der Waals surface area contributed by atoms with Gasteiger partial charge in [-0.15, -0.1) is 0 Å². The number of ether oxygens (including phenoxy) is 1. The molecule has 0 rings (SSSR count). The Bertz CT molecular complexity index is 92.1. The van der Waals surface area contributed by atoms with E-state index in [0.29, 0.717) is 13.2 Å². The highest BCUT2D eigenvalue weighted by atomic mass is 16.5. The van der Waals surface area contributed by atoms with Gasteiger partial charge in [0.25, 0.3) is 0 Å². The molecule has 3 heteroatoms. The van der Waals surface area contributed by atoms with E-state index in [1.54, 1.807) is 0 Å². The zero-order valence-corrected chi connectivity index (χ0v) is 7.47. The summed E-state index contributed by atoms with van der Waals surface area (Å²) in [5.74, 6) is 0. The standard InChI is InChI=1S/C8H19NO2/c1-3-8(9,4-2)7-11-6-5-10/h10H,3-7,9H2,1-2H3. The highest BCUT2D eigenvalue weighted by molar-refractivity contribution is 4.80. The Labute approximate surface area is 68.5 Å². The van der Waals surface area contributed by atoms with Gasteiger partial charge < -0.3 is 15.6 Å². The molecule has 0 saturated carbocycles. The third kappa shape index (κ3) is 4.35. The van der Waals surface area contributed by atoms with E-state index < -0.39 is 0 Å². The van der Waals surface area contributed by atoms with Crippen molar-refractivity contribution < 1.29 is 9.84 Å². The third-order valence-corrected chi connectivity index (χ3v) is 2.03. The molecule has 0 aromatic carbocycles. The Hall–Kier alpha value is -0.120. The fourth-order valence-corrected chi connectivity index (χ4v) is 0.794. The van der Waals surface area contributed by atoms with Crippen molar-refractivity contribution in [2.75, 3.05) is 19.8 Å². The molecule has 3 nitrogen and oxygen atoms in total. The Kier molecular flexibility index (Phi) is 5.46. The first-order chi connectivity index (χ1) is 5.18. The van der Waals surface area contributed by atoms with E-state index in [0.717, 1.165) is 12.8 Å². The first-order valence-electron chi connectivity index (χ1n) is 4.16. The Morgan fingerprint density at radius 3 is 2.27 bits per heavy atom. The summed E-state index contributed by atoms with van der Waals surface area (Å²) in [5, 5.41) is 8.44. The topological polar surface area (TPSA) is 55.5 Å². The molecule has 0 amide bonds. The summed E-state index contributed by atoms with van der Waals surface area (Å²) in [5.41, 5.74) is 5.73. The maximum absolute atomic E-state index is 8.44. The average Bonchev–Trinajstić information content (AvgIpc) is 2.05. The van der Waals surface area contributed by atoms with Crippen molar-refractivity contribution in [1.29, 1.82) is 0 Å². The molecule has 0 aliphatic carbocycles. The molecule has 0 aliphatic heterocycles. The molecule has 0 spiro atoms. The summed E-state index contributed by atoms with van der Waals surface area (Å²) >= 11 is 0. The SMILES string of the molecule is CCC(N)(CC)COCCO. The van der Waals surface area contributed by atoms with E-state index in [1.807, 2.05) is 13.8 Å². The van der Waals surface area contributed by atoms with Gasteiger partial charge in [0.15, 0.2) is 0 Å². The lowest BCUT2D eigenvalue weighted by atomic mass is 9.96. The molecule has 0 radical (unpaired) electrons. The predicted molar refractivity (Wildman–Crippen MR) is 45.4 cm³/mol. The smallest absolute Gasteiger partial charge is 0.0698 e. The lowest BCUT2D eigenvalue weighted by molar-refractivity contribution is 0.0545. The van der Waals surface area contributed by atoms with Crippen LogP contribution in [0.3, 0.4) is 0 Å². The molecular formula is C8H19NO2. The van der Waals surface area contributed by atoms with Gasteiger partial charge in [-0.2, -0.15) is 0 Å². The van der Waals surface area contributed by atoms with Crippen molar-refractivity contribution in [3.05, 3.63) is 0 Å². The number of aliphatic hydroxyl groups excluding tert-OH is 1. The van der Waals surface area contributed by atoms with Crippen LogP contribution in [0.15, 0.2) is 0 Å². The molecule has 0 heterocycles. The highest BCUT2D eigenvalue weighted by Gasteiger charge is 2.19. The van der Waals surface area contributed by atoms with Crippen LogP contribution in [0.5, 0.6) is 0 Å². The van der Waals surface area contributed by atoms with Gasteiger partial charge >= 0.3 is 0 Å². The lowest BCUT2D eigenvalue weighted by Gasteiger charge is -2.25. The maximum Gasteiger partial charge on any atom is 0.0698 e. The number of hydrogen-bond acceptors (Lipinski definition) is 3. The van der Waals surface area contributed by atoms with Crippen LogP contribution in [0.25, 0.3) is 0 Å². The molecule has 0 bridgehead atoms. The lowest BCUT2D eigenvalue weighted by Crippen LogP contribution is -2.43. The minimum atomic E-state index is -0.199. The zero-order chi connectivity index (χ0) is 8.74. The second-order valence-corrected chi connectivity index (χ2v) is 2.85. The molecule has 0 saturated heterocycles. The second-order valence-electron chi connectivity index (χ2n) is 2.85. The molecule has 3 N–H and O–H groups in total. The van der Waals surface area contributed by atoms with Crippen molar-refractivity contribution in [3.8, 4) is 0 Å². The quantitative estimate of drug-likeness (QED) is 0.558. The van der Waals surface area contributed by atoms with Gasteiger partial charge in [0, 0.05) is 5.54 Å². The fraction of sp³-hybridized carbons (Fsp3) is 1.00. The normalized spacial score (nSPS) is 12.0. The van der Waals surface area contributed by atoms with E-state index in [4.69, 9.17) is 15.6 Å². The van der Waals surface area contributed by atoms with Crippen LogP contribution in [0, 0.1) is 0 Å². The molecule has 0 fully saturated rings. The molecule has 0 aromatic rings. The fourth-order valence-electron chi connectivity index (χ4n) is 0.794. The van der Waals surface area contributed by atoms with Crippen LogP contribution in [0.2, 0.25) is 0 Å². The van der Waals surface area contributed by atoms with Crippen LogP contribution in [-0.4, -0.2) is 30.5 Å². The van der Waals surface area contributed by atoms with Gasteiger partial charge in [0.1, 0.15) is 0 Å². The predicted octanol–water partition coefficient (Wildman–Crippen LogP) is 0.513. The van der Waals surface area contributed by atoms with Crippen molar-refractivity contribution in [2.24, 2.45) is 5.73 Å². The summed E-state index contributed by atoms with van der Waals surface area (Å²) in [7, 11) is 0. The van der Waals surface area contributed by atoms with E-state index in [2.05, 4.69) is 0 Å². The van der Waals surface area contributed by atoms with Crippen molar-refractivity contribution in [3.63, 3.8) is 0 Å². The molecular weight excluding hydrogens is 142 g/mol. The Morgan fingerprint density at radius 1 is 1.36 bits per heavy atom. The highest BCUT2D eigenvalue weighted by Crippen LogP contribution is 2.10. The van der Waals surface area contributed by atoms with Crippen molar-refractivity contribution in [1.82, 2.24) is 0 Å². The van der Waals surface area contributed by atoms with E-state index in [9.17, 15) is 0 Å². The number of aliphatic hydroxyl groups is 1. The Morgan fingerprint density at radius 2 is 1.91 bits per heavy atom. The summed E-state index contributed by atoms with van der Waals surface area (Å²) in [6.45, 7) is 5.10.